The second kappa shape index (κ2) is 14.3. The molecule has 2 heterocycles. The lowest BCUT2D eigenvalue weighted by molar-refractivity contribution is 1.58. The van der Waals surface area contributed by atoms with E-state index in [0.717, 1.165) is 0 Å². The summed E-state index contributed by atoms with van der Waals surface area (Å²) >= 11 is 0. The number of benzene rings is 10. The van der Waals surface area contributed by atoms with Crippen molar-refractivity contribution >= 4 is 28.8 Å². The molecule has 0 bridgehead atoms. The topological polar surface area (TPSA) is 0 Å². The van der Waals surface area contributed by atoms with Gasteiger partial charge >= 0.3 is 0 Å². The van der Waals surface area contributed by atoms with E-state index in [9.17, 15) is 0 Å². The van der Waals surface area contributed by atoms with Crippen molar-refractivity contribution in [2.45, 2.75) is 0 Å². The van der Waals surface area contributed by atoms with E-state index >= 15 is 0 Å². The van der Waals surface area contributed by atoms with Gasteiger partial charge in [0.25, 0.3) is 0 Å². The molecule has 284 valence electrons. The molecule has 0 nitrogen and oxygen atoms in total. The van der Waals surface area contributed by atoms with Gasteiger partial charge in [0, 0.05) is 0 Å². The van der Waals surface area contributed by atoms with Crippen molar-refractivity contribution in [3.05, 3.63) is 243 Å². The van der Waals surface area contributed by atoms with Crippen LogP contribution in [0.5, 0.6) is 0 Å². The maximum Gasteiger partial charge on any atom is 0.182 e. The number of rotatable bonds is 6. The Balaban J connectivity index is 0.926. The Morgan fingerprint density at radius 2 is 0.393 bits per heavy atom. The summed E-state index contributed by atoms with van der Waals surface area (Å²) in [5, 5.41) is 5.97. The SMILES string of the molecule is c1ccc(-c2ccc(-c3ccc(-c4ccc5c(c4)[Si]4(c6ccccc6-5)c5ccccc5-c5ccc(-c6ccc(-c7ccc(-c8ccccc8)cc7)cc6)cc54)cc3)cc2)cc1. The first-order valence-electron chi connectivity index (χ1n) is 21.2. The molecule has 10 aromatic rings. The third-order valence-corrected chi connectivity index (χ3v) is 18.1. The van der Waals surface area contributed by atoms with Gasteiger partial charge in [-0.2, -0.15) is 0 Å². The lowest BCUT2D eigenvalue weighted by Crippen LogP contribution is -2.70. The summed E-state index contributed by atoms with van der Waals surface area (Å²) in [7, 11) is -2.67. The first-order chi connectivity index (χ1) is 30.2. The molecule has 0 atom stereocenters. The molecule has 2 aliphatic heterocycles. The predicted molar refractivity (Wildman–Crippen MR) is 261 cm³/mol. The highest BCUT2D eigenvalue weighted by Gasteiger charge is 2.54. The zero-order valence-corrected chi connectivity index (χ0v) is 34.6. The van der Waals surface area contributed by atoms with Gasteiger partial charge in [-0.15, -0.1) is 0 Å². The molecule has 0 fully saturated rings. The van der Waals surface area contributed by atoms with E-state index in [1.165, 1.54) is 110 Å². The van der Waals surface area contributed by atoms with E-state index in [0.29, 0.717) is 0 Å². The van der Waals surface area contributed by atoms with Crippen LogP contribution in [0.1, 0.15) is 0 Å². The number of hydrogen-bond donors (Lipinski definition) is 0. The van der Waals surface area contributed by atoms with Crippen molar-refractivity contribution in [1.82, 2.24) is 0 Å². The summed E-state index contributed by atoms with van der Waals surface area (Å²) in [6.07, 6.45) is 0. The van der Waals surface area contributed by atoms with Gasteiger partial charge in [-0.1, -0.05) is 243 Å². The Kier molecular flexibility index (Phi) is 8.30. The highest BCUT2D eigenvalue weighted by Crippen LogP contribution is 2.39. The van der Waals surface area contributed by atoms with Gasteiger partial charge in [-0.05, 0) is 110 Å². The monoisotopic (exact) mass is 788 g/mol. The summed E-state index contributed by atoms with van der Waals surface area (Å²) in [6, 6.07) is 90.4. The van der Waals surface area contributed by atoms with Gasteiger partial charge < -0.3 is 0 Å². The van der Waals surface area contributed by atoms with Crippen LogP contribution in [0, 0.1) is 0 Å². The van der Waals surface area contributed by atoms with Crippen LogP contribution in [0.25, 0.3) is 89.0 Å². The third kappa shape index (κ3) is 5.74. The fourth-order valence-corrected chi connectivity index (χ4v) is 15.8. The molecule has 12 rings (SSSR count). The van der Waals surface area contributed by atoms with Crippen molar-refractivity contribution in [3.63, 3.8) is 0 Å². The summed E-state index contributed by atoms with van der Waals surface area (Å²) in [4.78, 5) is 0. The van der Waals surface area contributed by atoms with Crippen LogP contribution in [0.15, 0.2) is 243 Å². The quantitative estimate of drug-likeness (QED) is 0.147. The largest absolute Gasteiger partial charge is 0.182 e. The molecule has 0 saturated carbocycles. The zero-order chi connectivity index (χ0) is 40.3. The molecule has 1 heteroatoms. The molecule has 0 unspecified atom stereocenters. The average molecular weight is 789 g/mol. The molecule has 0 amide bonds. The smallest absolute Gasteiger partial charge is 0.0623 e. The molecule has 2 aliphatic rings. The highest BCUT2D eigenvalue weighted by atomic mass is 28.3. The van der Waals surface area contributed by atoms with Crippen LogP contribution >= 0.6 is 0 Å². The molecule has 1 spiro atoms. The van der Waals surface area contributed by atoms with Crippen molar-refractivity contribution in [3.8, 4) is 89.0 Å². The van der Waals surface area contributed by atoms with Crippen molar-refractivity contribution < 1.29 is 0 Å². The molecule has 0 saturated heterocycles. The van der Waals surface area contributed by atoms with E-state index < -0.39 is 8.07 Å². The van der Waals surface area contributed by atoms with E-state index in [2.05, 4.69) is 243 Å². The van der Waals surface area contributed by atoms with Crippen molar-refractivity contribution in [2.24, 2.45) is 0 Å². The molecule has 0 N–H and O–H groups in total. The standard InChI is InChI=1S/C60H40Si/c1-3-11-41(12-4-1)43-19-23-45(24-20-43)47-27-31-49(32-28-47)51-35-37-55-53-15-7-9-17-57(53)61(59(55)39-51)58-18-10-8-16-54(58)56-38-36-52(40-60(56)61)50-33-29-48(30-34-50)46-25-21-44(22-26-46)42-13-5-2-6-14-42/h1-40H. The Hall–Kier alpha value is -7.58. The number of fused-ring (bicyclic) bond motifs is 10. The van der Waals surface area contributed by atoms with Gasteiger partial charge in [0.1, 0.15) is 0 Å². The Morgan fingerprint density at radius 3 is 0.721 bits per heavy atom. The zero-order valence-electron chi connectivity index (χ0n) is 33.6. The summed E-state index contributed by atoms with van der Waals surface area (Å²) < 4.78 is 0. The molecule has 0 radical (unpaired) electrons. The second-order valence-electron chi connectivity index (χ2n) is 16.4. The fourth-order valence-electron chi connectivity index (χ4n) is 10.2. The highest BCUT2D eigenvalue weighted by molar-refractivity contribution is 7.24. The van der Waals surface area contributed by atoms with Gasteiger partial charge in [0.15, 0.2) is 8.07 Å². The van der Waals surface area contributed by atoms with Gasteiger partial charge in [-0.3, -0.25) is 0 Å². The molecule has 0 aromatic heterocycles. The van der Waals surface area contributed by atoms with Crippen LogP contribution in [-0.2, 0) is 0 Å². The first kappa shape index (κ1) is 35.4. The second-order valence-corrected chi connectivity index (χ2v) is 20.1. The molecular weight excluding hydrogens is 749 g/mol. The normalized spacial score (nSPS) is 12.7. The van der Waals surface area contributed by atoms with Crippen LogP contribution in [0.3, 0.4) is 0 Å². The predicted octanol–water partition coefficient (Wildman–Crippen LogP) is 13.0. The van der Waals surface area contributed by atoms with Crippen LogP contribution in [0.4, 0.5) is 0 Å². The summed E-state index contributed by atoms with van der Waals surface area (Å²) in [6.45, 7) is 0. The van der Waals surface area contributed by atoms with Crippen LogP contribution < -0.4 is 20.7 Å². The molecule has 10 aromatic carbocycles. The van der Waals surface area contributed by atoms with Crippen LogP contribution in [-0.4, -0.2) is 8.07 Å². The summed E-state index contributed by atoms with van der Waals surface area (Å²) in [5.74, 6) is 0. The minimum absolute atomic E-state index is 1.22. The molecule has 61 heavy (non-hydrogen) atoms. The van der Waals surface area contributed by atoms with E-state index in [1.807, 2.05) is 0 Å². The van der Waals surface area contributed by atoms with Gasteiger partial charge in [0.2, 0.25) is 0 Å². The lowest BCUT2D eigenvalue weighted by atomic mass is 9.97. The fraction of sp³-hybridized carbons (Fsp3) is 0. The molecule has 0 aliphatic carbocycles. The van der Waals surface area contributed by atoms with E-state index in [4.69, 9.17) is 0 Å². The number of hydrogen-bond acceptors (Lipinski definition) is 0. The van der Waals surface area contributed by atoms with Gasteiger partial charge in [-0.25, -0.2) is 0 Å². The minimum atomic E-state index is -2.67. The van der Waals surface area contributed by atoms with E-state index in [-0.39, 0.29) is 0 Å². The summed E-state index contributed by atoms with van der Waals surface area (Å²) in [5.41, 5.74) is 20.4. The third-order valence-electron chi connectivity index (χ3n) is 13.2. The molecular formula is C60H40Si. The lowest BCUT2D eigenvalue weighted by Gasteiger charge is -2.28. The van der Waals surface area contributed by atoms with Crippen LogP contribution in [0.2, 0.25) is 0 Å². The van der Waals surface area contributed by atoms with Gasteiger partial charge in [0.05, 0.1) is 0 Å². The van der Waals surface area contributed by atoms with Crippen molar-refractivity contribution in [2.75, 3.05) is 0 Å². The van der Waals surface area contributed by atoms with E-state index in [1.54, 1.807) is 0 Å². The minimum Gasteiger partial charge on any atom is -0.0623 e. The maximum atomic E-state index is 2.54. The Labute approximate surface area is 358 Å². The average Bonchev–Trinajstić information content (AvgIpc) is 3.81. The maximum absolute atomic E-state index is 2.67. The van der Waals surface area contributed by atoms with Crippen molar-refractivity contribution in [1.29, 1.82) is 0 Å². The Bertz CT molecular complexity index is 3010. The Morgan fingerprint density at radius 1 is 0.164 bits per heavy atom. The first-order valence-corrected chi connectivity index (χ1v) is 23.2.